The van der Waals surface area contributed by atoms with Crippen LogP contribution in [0.2, 0.25) is 5.02 Å². The number of aromatic nitrogens is 1. The quantitative estimate of drug-likeness (QED) is 0.756. The van der Waals surface area contributed by atoms with E-state index >= 15 is 0 Å². The highest BCUT2D eigenvalue weighted by Crippen LogP contribution is 2.19. The third-order valence-electron chi connectivity index (χ3n) is 3.13. The van der Waals surface area contributed by atoms with Crippen LogP contribution in [0.4, 0.5) is 0 Å². The molecule has 0 unspecified atom stereocenters. The maximum atomic E-state index is 12.1. The first-order valence-corrected chi connectivity index (χ1v) is 6.70. The van der Waals surface area contributed by atoms with Gasteiger partial charge in [0.1, 0.15) is 5.69 Å². The molecule has 100 valence electrons. The summed E-state index contributed by atoms with van der Waals surface area (Å²) >= 11 is 5.93. The molecule has 4 heteroatoms. The van der Waals surface area contributed by atoms with Gasteiger partial charge in [-0.3, -0.25) is 4.79 Å². The fourth-order valence-electron chi connectivity index (χ4n) is 2.10. The molecule has 0 saturated heterocycles. The van der Waals surface area contributed by atoms with E-state index in [4.69, 9.17) is 11.6 Å². The molecule has 2 aromatic carbocycles. The number of aromatic amines is 1. The number of H-pyrrole nitrogens is 1. The Labute approximate surface area is 121 Å². The van der Waals surface area contributed by atoms with Gasteiger partial charge in [-0.05, 0) is 23.8 Å². The minimum Gasteiger partial charge on any atom is -0.350 e. The van der Waals surface area contributed by atoms with Crippen LogP contribution in [0, 0.1) is 0 Å². The monoisotopic (exact) mass is 284 g/mol. The van der Waals surface area contributed by atoms with Crippen LogP contribution in [0.3, 0.4) is 0 Å². The van der Waals surface area contributed by atoms with Gasteiger partial charge >= 0.3 is 0 Å². The normalized spacial score (nSPS) is 10.7. The minimum atomic E-state index is -0.124. The smallest absolute Gasteiger partial charge is 0.267 e. The number of hydrogen-bond acceptors (Lipinski definition) is 1. The van der Waals surface area contributed by atoms with Crippen molar-refractivity contribution in [1.29, 1.82) is 0 Å². The molecule has 3 rings (SSSR count). The molecule has 3 aromatic rings. The van der Waals surface area contributed by atoms with E-state index in [0.29, 0.717) is 17.3 Å². The Bertz CT molecular complexity index is 750. The summed E-state index contributed by atoms with van der Waals surface area (Å²) in [6.07, 6.45) is 0. The Balaban J connectivity index is 1.75. The molecule has 0 spiro atoms. The maximum absolute atomic E-state index is 12.1. The van der Waals surface area contributed by atoms with Gasteiger partial charge < -0.3 is 10.3 Å². The van der Waals surface area contributed by atoms with Crippen molar-refractivity contribution in [2.24, 2.45) is 0 Å². The lowest BCUT2D eigenvalue weighted by Crippen LogP contribution is -2.22. The van der Waals surface area contributed by atoms with E-state index in [-0.39, 0.29) is 5.91 Å². The molecule has 0 saturated carbocycles. The number of fused-ring (bicyclic) bond motifs is 1. The Morgan fingerprint density at radius 3 is 2.70 bits per heavy atom. The third kappa shape index (κ3) is 2.68. The van der Waals surface area contributed by atoms with Crippen molar-refractivity contribution in [3.8, 4) is 0 Å². The first kappa shape index (κ1) is 12.8. The van der Waals surface area contributed by atoms with Crippen LogP contribution in [0.15, 0.2) is 54.6 Å². The van der Waals surface area contributed by atoms with Gasteiger partial charge in [-0.2, -0.15) is 0 Å². The summed E-state index contributed by atoms with van der Waals surface area (Å²) in [4.78, 5) is 15.2. The van der Waals surface area contributed by atoms with Crippen LogP contribution < -0.4 is 5.32 Å². The lowest BCUT2D eigenvalue weighted by molar-refractivity contribution is 0.0947. The summed E-state index contributed by atoms with van der Waals surface area (Å²) in [5.74, 6) is -0.124. The highest BCUT2D eigenvalue weighted by Gasteiger charge is 2.09. The van der Waals surface area contributed by atoms with Gasteiger partial charge in [0.15, 0.2) is 0 Å². The standard InChI is InChI=1S/C16H13ClN2O/c17-13-7-6-12-8-15(19-14(12)9-13)16(20)18-10-11-4-2-1-3-5-11/h1-9,19H,10H2,(H,18,20). The second kappa shape index (κ2) is 5.39. The molecule has 1 aromatic heterocycles. The molecular weight excluding hydrogens is 272 g/mol. The van der Waals surface area contributed by atoms with Gasteiger partial charge in [0, 0.05) is 22.5 Å². The average Bonchev–Trinajstić information content (AvgIpc) is 2.89. The summed E-state index contributed by atoms with van der Waals surface area (Å²) < 4.78 is 0. The van der Waals surface area contributed by atoms with E-state index in [0.717, 1.165) is 16.5 Å². The summed E-state index contributed by atoms with van der Waals surface area (Å²) in [7, 11) is 0. The van der Waals surface area contributed by atoms with Crippen molar-refractivity contribution in [3.05, 3.63) is 70.9 Å². The predicted octanol–water partition coefficient (Wildman–Crippen LogP) is 3.75. The Morgan fingerprint density at radius 2 is 1.90 bits per heavy atom. The molecule has 0 fully saturated rings. The number of hydrogen-bond donors (Lipinski definition) is 2. The SMILES string of the molecule is O=C(NCc1ccccc1)c1cc2ccc(Cl)cc2[nH]1. The van der Waals surface area contributed by atoms with Crippen molar-refractivity contribution in [2.45, 2.75) is 6.54 Å². The van der Waals surface area contributed by atoms with Crippen LogP contribution in [0.1, 0.15) is 16.1 Å². The molecule has 1 heterocycles. The van der Waals surface area contributed by atoms with Crippen molar-refractivity contribution in [3.63, 3.8) is 0 Å². The Hall–Kier alpha value is -2.26. The molecule has 0 aliphatic heterocycles. The van der Waals surface area contributed by atoms with Gasteiger partial charge in [-0.15, -0.1) is 0 Å². The van der Waals surface area contributed by atoms with E-state index in [9.17, 15) is 4.79 Å². The molecule has 0 aliphatic rings. The third-order valence-corrected chi connectivity index (χ3v) is 3.36. The zero-order valence-corrected chi connectivity index (χ0v) is 11.4. The average molecular weight is 285 g/mol. The van der Waals surface area contributed by atoms with Crippen molar-refractivity contribution in [2.75, 3.05) is 0 Å². The highest BCUT2D eigenvalue weighted by molar-refractivity contribution is 6.31. The van der Waals surface area contributed by atoms with Gasteiger partial charge in [0.25, 0.3) is 5.91 Å². The second-order valence-electron chi connectivity index (χ2n) is 4.58. The fourth-order valence-corrected chi connectivity index (χ4v) is 2.27. The molecule has 0 atom stereocenters. The van der Waals surface area contributed by atoms with Gasteiger partial charge in [-0.25, -0.2) is 0 Å². The molecule has 20 heavy (non-hydrogen) atoms. The van der Waals surface area contributed by atoms with Crippen molar-refractivity contribution >= 4 is 28.4 Å². The van der Waals surface area contributed by atoms with Gasteiger partial charge in [0.05, 0.1) is 0 Å². The molecular formula is C16H13ClN2O. The predicted molar refractivity (Wildman–Crippen MR) is 80.9 cm³/mol. The summed E-state index contributed by atoms with van der Waals surface area (Å²) in [6.45, 7) is 0.510. The highest BCUT2D eigenvalue weighted by atomic mass is 35.5. The van der Waals surface area contributed by atoms with Crippen LogP contribution >= 0.6 is 11.6 Å². The topological polar surface area (TPSA) is 44.9 Å². The van der Waals surface area contributed by atoms with Gasteiger partial charge in [0.2, 0.25) is 0 Å². The number of amides is 1. The van der Waals surface area contributed by atoms with E-state index in [2.05, 4.69) is 10.3 Å². The van der Waals surface area contributed by atoms with E-state index in [1.165, 1.54) is 0 Å². The van der Waals surface area contributed by atoms with E-state index in [1.54, 1.807) is 0 Å². The largest absolute Gasteiger partial charge is 0.350 e. The molecule has 0 bridgehead atoms. The number of carbonyl (C=O) groups is 1. The van der Waals surface area contributed by atoms with Crippen molar-refractivity contribution < 1.29 is 4.79 Å². The van der Waals surface area contributed by atoms with E-state index < -0.39 is 0 Å². The van der Waals surface area contributed by atoms with Gasteiger partial charge in [-0.1, -0.05) is 48.0 Å². The zero-order chi connectivity index (χ0) is 13.9. The molecule has 3 nitrogen and oxygen atoms in total. The van der Waals surface area contributed by atoms with Crippen LogP contribution in [-0.4, -0.2) is 10.9 Å². The number of carbonyl (C=O) groups excluding carboxylic acids is 1. The minimum absolute atomic E-state index is 0.124. The van der Waals surface area contributed by atoms with Crippen molar-refractivity contribution in [1.82, 2.24) is 10.3 Å². The Kier molecular flexibility index (Phi) is 3.44. The van der Waals surface area contributed by atoms with E-state index in [1.807, 2.05) is 54.6 Å². The zero-order valence-electron chi connectivity index (χ0n) is 10.7. The first-order chi connectivity index (χ1) is 9.72. The first-order valence-electron chi connectivity index (χ1n) is 6.33. The molecule has 0 radical (unpaired) electrons. The number of halogens is 1. The maximum Gasteiger partial charge on any atom is 0.267 e. The molecule has 0 aliphatic carbocycles. The number of rotatable bonds is 3. The van der Waals surface area contributed by atoms with Crippen LogP contribution in [0.25, 0.3) is 10.9 Å². The lowest BCUT2D eigenvalue weighted by Gasteiger charge is -2.03. The molecule has 2 N–H and O–H groups in total. The Morgan fingerprint density at radius 1 is 1.10 bits per heavy atom. The summed E-state index contributed by atoms with van der Waals surface area (Å²) in [5.41, 5.74) is 2.47. The number of benzene rings is 2. The fraction of sp³-hybridized carbons (Fsp3) is 0.0625. The summed E-state index contributed by atoms with van der Waals surface area (Å²) in [6, 6.07) is 17.1. The summed E-state index contributed by atoms with van der Waals surface area (Å²) in [5, 5.41) is 4.51. The van der Waals surface area contributed by atoms with Crippen LogP contribution in [0.5, 0.6) is 0 Å². The second-order valence-corrected chi connectivity index (χ2v) is 5.02. The lowest BCUT2D eigenvalue weighted by atomic mass is 10.2. The van der Waals surface area contributed by atoms with Crippen LogP contribution in [-0.2, 0) is 6.54 Å². The molecule has 1 amide bonds. The number of nitrogens with one attached hydrogen (secondary N) is 2.